The molecule has 9 rings (SSSR count). The maximum Gasteiger partial charge on any atom is 0.137 e. The molecular weight excluding hydrogens is 781 g/mol. The van der Waals surface area contributed by atoms with Gasteiger partial charge in [0.25, 0.3) is 0 Å². The number of aromatic nitrogens is 2. The van der Waals surface area contributed by atoms with Crippen LogP contribution in [0.3, 0.4) is 0 Å². The van der Waals surface area contributed by atoms with Crippen molar-refractivity contribution in [3.05, 3.63) is 193 Å². The second-order valence-electron chi connectivity index (χ2n) is 18.1. The average molecular weight is 843 g/mol. The lowest BCUT2D eigenvalue weighted by molar-refractivity contribution is 0.471. The van der Waals surface area contributed by atoms with Crippen LogP contribution in [0.1, 0.15) is 70.6 Å². The molecule has 0 saturated carbocycles. The van der Waals surface area contributed by atoms with Crippen LogP contribution in [0, 0.1) is 11.8 Å². The molecule has 0 aliphatic heterocycles. The SMILES string of the molecule is [2H]C([2H])(c1ccc2c(c1)c1cc(C([2H])([2H])C(C)C)c(Oc3cccc(Nc4ccccc4Nc4c(-c5ccccc5)cccc4-c4ccccc4)c3)cc1n2-c1cc(C(C)(C)C)ccn1)C(C)C. The molecule has 320 valence electrons. The number of pyridine rings is 1. The number of hydrogen-bond acceptors (Lipinski definition) is 4. The first-order valence-electron chi connectivity index (χ1n) is 24.3. The number of hydrogen-bond donors (Lipinski definition) is 2. The summed E-state index contributed by atoms with van der Waals surface area (Å²) >= 11 is 0. The molecule has 0 radical (unpaired) electrons. The van der Waals surface area contributed by atoms with E-state index < -0.39 is 18.7 Å². The number of fused-ring (bicyclic) bond motifs is 3. The molecule has 0 aliphatic carbocycles. The second kappa shape index (κ2) is 17.9. The van der Waals surface area contributed by atoms with E-state index in [1.54, 1.807) is 0 Å². The Morgan fingerprint density at radius 3 is 1.88 bits per heavy atom. The van der Waals surface area contributed by atoms with E-state index in [0.717, 1.165) is 72.4 Å². The maximum absolute atomic E-state index is 9.51. The van der Waals surface area contributed by atoms with Crippen molar-refractivity contribution in [1.29, 1.82) is 0 Å². The lowest BCUT2D eigenvalue weighted by Gasteiger charge is -2.20. The van der Waals surface area contributed by atoms with E-state index in [1.165, 1.54) is 0 Å². The molecule has 7 aromatic carbocycles. The Bertz CT molecular complexity index is 3210. The van der Waals surface area contributed by atoms with Crippen molar-refractivity contribution in [3.8, 4) is 39.6 Å². The third-order valence-electron chi connectivity index (χ3n) is 11.4. The minimum Gasteiger partial charge on any atom is -0.457 e. The third kappa shape index (κ3) is 9.03. The number of anilines is 4. The van der Waals surface area contributed by atoms with Crippen molar-refractivity contribution in [2.75, 3.05) is 10.6 Å². The van der Waals surface area contributed by atoms with Crippen LogP contribution >= 0.6 is 0 Å². The molecule has 2 aromatic heterocycles. The lowest BCUT2D eigenvalue weighted by atomic mass is 9.88. The zero-order chi connectivity index (χ0) is 48.0. The minimum absolute atomic E-state index is 0.140. The van der Waals surface area contributed by atoms with Gasteiger partial charge in [-0.3, -0.25) is 4.57 Å². The Morgan fingerprint density at radius 2 is 1.22 bits per heavy atom. The van der Waals surface area contributed by atoms with Gasteiger partial charge in [-0.2, -0.15) is 0 Å². The van der Waals surface area contributed by atoms with Gasteiger partial charge in [-0.15, -0.1) is 0 Å². The van der Waals surface area contributed by atoms with Crippen LogP contribution in [0.5, 0.6) is 11.5 Å². The van der Waals surface area contributed by atoms with Crippen molar-refractivity contribution in [1.82, 2.24) is 9.55 Å². The predicted molar refractivity (Wildman–Crippen MR) is 271 cm³/mol. The number of para-hydroxylation sites is 3. The van der Waals surface area contributed by atoms with Gasteiger partial charge in [0.2, 0.25) is 0 Å². The fraction of sp³-hybridized carbons (Fsp3) is 0.203. The number of benzene rings is 7. The van der Waals surface area contributed by atoms with E-state index in [0.29, 0.717) is 28.4 Å². The molecule has 5 nitrogen and oxygen atoms in total. The monoisotopic (exact) mass is 842 g/mol. The fourth-order valence-electron chi connectivity index (χ4n) is 8.39. The number of rotatable bonds is 13. The summed E-state index contributed by atoms with van der Waals surface area (Å²) in [5.41, 5.74) is 11.5. The molecule has 0 amide bonds. The highest BCUT2D eigenvalue weighted by Crippen LogP contribution is 2.42. The van der Waals surface area contributed by atoms with Crippen LogP contribution in [-0.2, 0) is 18.2 Å². The van der Waals surface area contributed by atoms with E-state index in [4.69, 9.17) is 12.5 Å². The summed E-state index contributed by atoms with van der Waals surface area (Å²) in [6.07, 6.45) is -1.54. The molecule has 9 aromatic rings. The second-order valence-corrected chi connectivity index (χ2v) is 18.1. The van der Waals surface area contributed by atoms with E-state index in [-0.39, 0.29) is 11.3 Å². The van der Waals surface area contributed by atoms with Gasteiger partial charge in [-0.25, -0.2) is 4.98 Å². The van der Waals surface area contributed by atoms with Crippen molar-refractivity contribution >= 4 is 44.6 Å². The molecular formula is C59H58N4O. The summed E-state index contributed by atoms with van der Waals surface area (Å²) in [5.74, 6) is 0.976. The Hall–Kier alpha value is -7.11. The highest BCUT2D eigenvalue weighted by Gasteiger charge is 2.21. The predicted octanol–water partition coefficient (Wildman–Crippen LogP) is 16.5. The van der Waals surface area contributed by atoms with Crippen LogP contribution in [-0.4, -0.2) is 9.55 Å². The third-order valence-corrected chi connectivity index (χ3v) is 11.4. The summed E-state index contributed by atoms with van der Waals surface area (Å²) < 4.78 is 46.0. The topological polar surface area (TPSA) is 51.1 Å². The van der Waals surface area contributed by atoms with Crippen molar-refractivity contribution in [2.24, 2.45) is 11.8 Å². The minimum atomic E-state index is -1.79. The van der Waals surface area contributed by atoms with Crippen LogP contribution in [0.25, 0.3) is 49.9 Å². The maximum atomic E-state index is 9.51. The summed E-state index contributed by atoms with van der Waals surface area (Å²) in [6, 6.07) is 56.9. The Labute approximate surface area is 384 Å². The van der Waals surface area contributed by atoms with Gasteiger partial charge in [0.05, 0.1) is 28.1 Å². The largest absolute Gasteiger partial charge is 0.457 e. The van der Waals surface area contributed by atoms with Gasteiger partial charge < -0.3 is 15.4 Å². The average Bonchev–Trinajstić information content (AvgIpc) is 3.65. The molecule has 5 heteroatoms. The highest BCUT2D eigenvalue weighted by atomic mass is 16.5. The van der Waals surface area contributed by atoms with E-state index in [2.05, 4.69) is 115 Å². The quantitative estimate of drug-likeness (QED) is 0.121. The highest BCUT2D eigenvalue weighted by molar-refractivity contribution is 6.10. The Kier molecular flexibility index (Phi) is 10.5. The Morgan fingerprint density at radius 1 is 0.594 bits per heavy atom. The van der Waals surface area contributed by atoms with Crippen molar-refractivity contribution in [3.63, 3.8) is 0 Å². The molecule has 0 spiro atoms. The molecule has 0 aliphatic rings. The lowest BCUT2D eigenvalue weighted by Crippen LogP contribution is -2.12. The van der Waals surface area contributed by atoms with Gasteiger partial charge in [-0.1, -0.05) is 152 Å². The first-order chi connectivity index (χ1) is 32.5. The number of nitrogens with one attached hydrogen (secondary N) is 2. The van der Waals surface area contributed by atoms with Crippen LogP contribution in [0.2, 0.25) is 0 Å². The molecule has 0 atom stereocenters. The smallest absolute Gasteiger partial charge is 0.137 e. The van der Waals surface area contributed by atoms with Gasteiger partial charge in [0.15, 0.2) is 0 Å². The summed E-state index contributed by atoms with van der Waals surface area (Å²) in [7, 11) is 0. The number of ether oxygens (including phenoxy) is 1. The summed E-state index contributed by atoms with van der Waals surface area (Å²) in [6.45, 7) is 14.1. The molecule has 2 N–H and O–H groups in total. The standard InChI is InChI=1S/C59H58N4O/c1-39(2)32-41-28-29-54-50(34-41)51-35-44(33-40(3)4)56(38-55(51)63(54)57-36-45(30-31-60-57)59(5,6)7)64-47-23-16-22-46(37-47)61-52-26-14-15-27-53(52)62-58-48(42-18-10-8-11-19-42)24-17-25-49(58)43-20-12-9-13-21-43/h8-31,34-40,61-62H,32-33H2,1-7H3/i32D2,33D2. The fourth-order valence-corrected chi connectivity index (χ4v) is 8.39. The molecule has 0 saturated heterocycles. The van der Waals surface area contributed by atoms with Crippen LogP contribution in [0.15, 0.2) is 176 Å². The van der Waals surface area contributed by atoms with Gasteiger partial charge in [-0.05, 0) is 112 Å². The summed E-state index contributed by atoms with van der Waals surface area (Å²) in [4.78, 5) is 4.89. The molecule has 64 heavy (non-hydrogen) atoms. The summed E-state index contributed by atoms with van der Waals surface area (Å²) in [5, 5.41) is 9.10. The van der Waals surface area contributed by atoms with E-state index in [1.807, 2.05) is 125 Å². The van der Waals surface area contributed by atoms with E-state index in [9.17, 15) is 2.74 Å². The zero-order valence-corrected chi connectivity index (χ0v) is 37.7. The van der Waals surface area contributed by atoms with Crippen LogP contribution < -0.4 is 15.4 Å². The van der Waals surface area contributed by atoms with Gasteiger partial charge >= 0.3 is 0 Å². The molecule has 0 fully saturated rings. The molecule has 0 bridgehead atoms. The number of nitrogens with zero attached hydrogens (tertiary/aromatic N) is 2. The molecule has 2 heterocycles. The van der Waals surface area contributed by atoms with Gasteiger partial charge in [0.1, 0.15) is 17.3 Å². The van der Waals surface area contributed by atoms with Crippen LogP contribution in [0.4, 0.5) is 22.7 Å². The first kappa shape index (κ1) is 37.4. The van der Waals surface area contributed by atoms with Crippen molar-refractivity contribution in [2.45, 2.75) is 66.6 Å². The molecule has 0 unspecified atom stereocenters. The van der Waals surface area contributed by atoms with Crippen molar-refractivity contribution < 1.29 is 10.2 Å². The normalized spacial score (nSPS) is 13.1. The van der Waals surface area contributed by atoms with Gasteiger partial charge in [0, 0.05) is 51.4 Å². The Balaban J connectivity index is 1.14. The van der Waals surface area contributed by atoms with E-state index >= 15 is 0 Å². The first-order valence-corrected chi connectivity index (χ1v) is 22.3. The zero-order valence-electron chi connectivity index (χ0n) is 41.7.